The number of hydrogen-bond acceptors (Lipinski definition) is 14. The summed E-state index contributed by atoms with van der Waals surface area (Å²) < 4.78 is 7.98. The Hall–Kier alpha value is -4.35. The molecular weight excluding hydrogens is 436 g/mol. The van der Waals surface area contributed by atoms with Gasteiger partial charge in [0.1, 0.15) is 0 Å². The van der Waals surface area contributed by atoms with Crippen LogP contribution in [-0.2, 0) is 30.5 Å². The van der Waals surface area contributed by atoms with E-state index in [9.17, 15) is 50.4 Å². The highest BCUT2D eigenvalue weighted by molar-refractivity contribution is 5.85. The summed E-state index contributed by atoms with van der Waals surface area (Å²) in [5.74, 6) is -1.56. The molecule has 18 nitrogen and oxygen atoms in total. The highest BCUT2D eigenvalue weighted by Gasteiger charge is 2.46. The molecule has 0 bridgehead atoms. The van der Waals surface area contributed by atoms with E-state index < -0.39 is 63.5 Å². The fraction of sp³-hybridized carbons (Fsp3) is 0.462. The molecule has 1 rings (SSSR count). The average Bonchev–Trinajstić information content (AvgIpc) is 2.72. The normalized spacial score (nSPS) is 15.7. The second kappa shape index (κ2) is 11.6. The third-order valence-electron chi connectivity index (χ3n) is 3.39. The zero-order valence-electron chi connectivity index (χ0n) is 16.0. The van der Waals surface area contributed by atoms with Crippen LogP contribution in [0.25, 0.3) is 0 Å². The van der Waals surface area contributed by atoms with Crippen molar-refractivity contribution < 1.29 is 51.0 Å². The molecule has 0 aliphatic rings. The number of rotatable bonds is 15. The first-order valence-corrected chi connectivity index (χ1v) is 7.84. The van der Waals surface area contributed by atoms with Crippen LogP contribution in [0.4, 0.5) is 0 Å². The number of carbonyl (C=O) groups excluding carboxylic acids is 1. The molecule has 0 saturated carbocycles. The predicted molar refractivity (Wildman–Crippen MR) is 89.7 cm³/mol. The molecule has 1 unspecified atom stereocenters. The number of Topliss-reactive ketones (excluding diaryl/α,β-unsaturated/α-hetero) is 1. The first-order valence-electron chi connectivity index (χ1n) is 8.42. The second-order valence-corrected chi connectivity index (χ2v) is 5.34. The molecule has 0 aromatic heterocycles. The van der Waals surface area contributed by atoms with Crippen LogP contribution in [-0.4, -0.2) is 62.3 Å². The number of aliphatic hydroxyl groups is 1. The number of aliphatic hydroxyl groups excluding tert-OH is 1. The second-order valence-electron chi connectivity index (χ2n) is 5.34. The van der Waals surface area contributed by atoms with Gasteiger partial charge in [-0.25, -0.2) is 0 Å². The fourth-order valence-corrected chi connectivity index (χ4v) is 2.30. The Bertz CT molecular complexity index is 841. The third kappa shape index (κ3) is 8.27. The molecule has 5 atom stereocenters. The van der Waals surface area contributed by atoms with Crippen LogP contribution in [0.15, 0.2) is 30.3 Å². The van der Waals surface area contributed by atoms with Gasteiger partial charge in [0.15, 0.2) is 30.2 Å². The Labute approximate surface area is 171 Å². The van der Waals surface area contributed by atoms with Crippen molar-refractivity contribution in [1.82, 2.24) is 0 Å². The highest BCUT2D eigenvalue weighted by Crippen LogP contribution is 2.21. The topological polar surface area (TPSA) is 247 Å². The SMILES string of the molecule is [2H]C(C(=O)[C@H](O[N+](=O)[O-])[C@H](O[N+](=O)[O-])[C@H](O[N+](=O)[O-])[C@@H](CO)O[N+](=O)[O-])c1ccccc1. The molecule has 31 heavy (non-hydrogen) atoms. The fourth-order valence-electron chi connectivity index (χ4n) is 2.30. The molecule has 0 aliphatic heterocycles. The largest absolute Gasteiger partial charge is 0.394 e. The Balaban J connectivity index is 3.52. The van der Waals surface area contributed by atoms with Gasteiger partial charge in [0.2, 0.25) is 0 Å². The molecule has 0 radical (unpaired) electrons. The van der Waals surface area contributed by atoms with Gasteiger partial charge in [-0.1, -0.05) is 30.3 Å². The summed E-state index contributed by atoms with van der Waals surface area (Å²) in [7, 11) is 0. The van der Waals surface area contributed by atoms with Crippen molar-refractivity contribution >= 4 is 5.78 Å². The lowest BCUT2D eigenvalue weighted by Crippen LogP contribution is -2.55. The van der Waals surface area contributed by atoms with E-state index in [-0.39, 0.29) is 5.56 Å². The highest BCUT2D eigenvalue weighted by atomic mass is 17.0. The van der Waals surface area contributed by atoms with Crippen molar-refractivity contribution in [3.05, 3.63) is 76.4 Å². The maximum Gasteiger partial charge on any atom is 0.295 e. The standard InChI is InChI=1S/C13H14N4O14/c18-7-10(28-14(20)21)12(30-16(24)25)13(31-17(26)27)11(29-15(22)23)9(19)6-8-4-2-1-3-5-8/h1-5,10-13,18H,6-7H2/t10-,11+,12-,13+/m1/s1/i6D/t6?,10-,11+,12-,13+. The summed E-state index contributed by atoms with van der Waals surface area (Å²) in [6, 6.07) is 6.79. The number of carbonyl (C=O) groups is 1. The molecule has 170 valence electrons. The first kappa shape index (κ1) is 22.9. The number of benzene rings is 1. The third-order valence-corrected chi connectivity index (χ3v) is 3.39. The minimum absolute atomic E-state index is 0.0544. The lowest BCUT2D eigenvalue weighted by Gasteiger charge is -2.31. The predicted octanol–water partition coefficient (Wildman–Crippen LogP) is -0.902. The van der Waals surface area contributed by atoms with E-state index in [0.29, 0.717) is 0 Å². The van der Waals surface area contributed by atoms with Gasteiger partial charge in [-0.15, -0.1) is 40.5 Å². The van der Waals surface area contributed by atoms with E-state index in [0.717, 1.165) is 0 Å². The first-order chi connectivity index (χ1) is 15.0. The van der Waals surface area contributed by atoms with Gasteiger partial charge in [-0.3, -0.25) is 4.79 Å². The molecule has 1 aromatic carbocycles. The van der Waals surface area contributed by atoms with Crippen molar-refractivity contribution in [1.29, 1.82) is 0 Å². The Morgan fingerprint density at radius 1 is 0.871 bits per heavy atom. The maximum atomic E-state index is 12.7. The van der Waals surface area contributed by atoms with Crippen LogP contribution in [0.3, 0.4) is 0 Å². The van der Waals surface area contributed by atoms with E-state index in [1.807, 2.05) is 0 Å². The van der Waals surface area contributed by atoms with Crippen molar-refractivity contribution in [3.63, 3.8) is 0 Å². The molecule has 0 spiro atoms. The van der Waals surface area contributed by atoms with Crippen LogP contribution in [0.2, 0.25) is 0 Å². The van der Waals surface area contributed by atoms with Gasteiger partial charge < -0.3 is 24.5 Å². The lowest BCUT2D eigenvalue weighted by atomic mass is 9.96. The van der Waals surface area contributed by atoms with Gasteiger partial charge in [0.05, 0.1) is 6.61 Å². The lowest BCUT2D eigenvalue weighted by molar-refractivity contribution is -0.825. The van der Waals surface area contributed by atoms with Crippen LogP contribution < -0.4 is 0 Å². The molecule has 18 heteroatoms. The van der Waals surface area contributed by atoms with E-state index in [1.165, 1.54) is 30.3 Å². The van der Waals surface area contributed by atoms with Crippen LogP contribution in [0.5, 0.6) is 0 Å². The average molecular weight is 451 g/mol. The number of ketones is 1. The maximum absolute atomic E-state index is 12.7. The van der Waals surface area contributed by atoms with Gasteiger partial charge in [-0.05, 0) is 5.56 Å². The summed E-state index contributed by atoms with van der Waals surface area (Å²) in [6.07, 6.45) is -12.5. The quantitative estimate of drug-likeness (QED) is 0.251. The summed E-state index contributed by atoms with van der Waals surface area (Å²) in [6.45, 7) is -1.45. The summed E-state index contributed by atoms with van der Waals surface area (Å²) in [4.78, 5) is 72.2. The van der Waals surface area contributed by atoms with E-state index in [2.05, 4.69) is 19.4 Å². The zero-order valence-corrected chi connectivity index (χ0v) is 15.0. The molecule has 0 amide bonds. The molecule has 1 aromatic rings. The molecule has 0 heterocycles. The number of nitrogens with zero attached hydrogens (tertiary/aromatic N) is 4. The number of hydrogen-bond donors (Lipinski definition) is 1. The van der Waals surface area contributed by atoms with Crippen LogP contribution >= 0.6 is 0 Å². The van der Waals surface area contributed by atoms with Gasteiger partial charge in [-0.2, -0.15) is 0 Å². The van der Waals surface area contributed by atoms with Crippen molar-refractivity contribution in [3.8, 4) is 0 Å². The summed E-state index contributed by atoms with van der Waals surface area (Å²) >= 11 is 0. The molecule has 0 fully saturated rings. The zero-order chi connectivity index (χ0) is 24.4. The Kier molecular flexibility index (Phi) is 8.58. The molecule has 0 saturated heterocycles. The van der Waals surface area contributed by atoms with E-state index >= 15 is 0 Å². The van der Waals surface area contributed by atoms with Crippen molar-refractivity contribution in [2.45, 2.75) is 30.8 Å². The van der Waals surface area contributed by atoms with Crippen LogP contribution in [0, 0.1) is 40.5 Å². The smallest absolute Gasteiger partial charge is 0.295 e. The Morgan fingerprint density at radius 3 is 1.81 bits per heavy atom. The monoisotopic (exact) mass is 451 g/mol. The molecule has 0 aliphatic carbocycles. The summed E-state index contributed by atoms with van der Waals surface area (Å²) in [5.41, 5.74) is -0.0544. The van der Waals surface area contributed by atoms with Gasteiger partial charge in [0, 0.05) is 7.77 Å². The van der Waals surface area contributed by atoms with Gasteiger partial charge in [0.25, 0.3) is 20.3 Å². The van der Waals surface area contributed by atoms with Crippen LogP contribution in [0.1, 0.15) is 6.93 Å². The molecular formula is C13H14N4O14. The summed E-state index contributed by atoms with van der Waals surface area (Å²) in [5, 5.41) is 46.1. The minimum Gasteiger partial charge on any atom is -0.394 e. The Morgan fingerprint density at radius 2 is 1.35 bits per heavy atom. The minimum atomic E-state index is -2.76. The van der Waals surface area contributed by atoms with Gasteiger partial charge >= 0.3 is 0 Å². The van der Waals surface area contributed by atoms with E-state index in [1.54, 1.807) is 0 Å². The molecule has 1 N–H and O–H groups in total. The van der Waals surface area contributed by atoms with Crippen molar-refractivity contribution in [2.75, 3.05) is 6.61 Å². The van der Waals surface area contributed by atoms with Crippen molar-refractivity contribution in [2.24, 2.45) is 0 Å². The van der Waals surface area contributed by atoms with E-state index in [4.69, 9.17) is 1.37 Å².